The van der Waals surface area contributed by atoms with Crippen LogP contribution in [-0.2, 0) is 11.2 Å². The molecule has 30 heavy (non-hydrogen) atoms. The van der Waals surface area contributed by atoms with Gasteiger partial charge in [0.15, 0.2) is 12.2 Å². The van der Waals surface area contributed by atoms with E-state index in [2.05, 4.69) is 55.7 Å². The number of aromatic nitrogens is 1. The molecule has 4 rings (SSSR count). The fraction of sp³-hybridized carbons (Fsp3) is 0.130. The molecule has 152 valence electrons. The van der Waals surface area contributed by atoms with Crippen molar-refractivity contribution in [2.75, 3.05) is 11.9 Å². The number of aryl methyl sites for hydroxylation is 1. The molecule has 4 aromatic rings. The fourth-order valence-corrected chi connectivity index (χ4v) is 3.86. The average Bonchev–Trinajstić information content (AvgIpc) is 3.17. The molecule has 1 aromatic heterocycles. The van der Waals surface area contributed by atoms with Gasteiger partial charge in [-0.1, -0.05) is 19.1 Å². The maximum Gasteiger partial charge on any atom is 0.262 e. The van der Waals surface area contributed by atoms with Crippen LogP contribution in [-0.4, -0.2) is 17.5 Å². The van der Waals surface area contributed by atoms with Crippen molar-refractivity contribution in [2.45, 2.75) is 13.3 Å². The molecule has 0 saturated heterocycles. The summed E-state index contributed by atoms with van der Waals surface area (Å²) in [6, 6.07) is 19.1. The molecule has 3 aromatic carbocycles. The second kappa shape index (κ2) is 9.18. The maximum atomic E-state index is 12.3. The highest BCUT2D eigenvalue weighted by molar-refractivity contribution is 14.1. The summed E-state index contributed by atoms with van der Waals surface area (Å²) >= 11 is 5.79. The zero-order chi connectivity index (χ0) is 21.1. The summed E-state index contributed by atoms with van der Waals surface area (Å²) in [5.41, 5.74) is 4.07. The summed E-state index contributed by atoms with van der Waals surface area (Å²) in [4.78, 5) is 16.8. The number of hydrogen-bond donors (Lipinski definition) is 1. The Labute approximate surface area is 196 Å². The number of fused-ring (bicyclic) bond motifs is 1. The first-order valence-corrected chi connectivity index (χ1v) is 11.3. The summed E-state index contributed by atoms with van der Waals surface area (Å²) in [7, 11) is 0. The second-order valence-corrected chi connectivity index (χ2v) is 8.76. The van der Waals surface area contributed by atoms with Gasteiger partial charge in [0.05, 0.1) is 5.56 Å². The first-order valence-electron chi connectivity index (χ1n) is 9.39. The predicted octanol–water partition coefficient (Wildman–Crippen LogP) is 6.44. The molecule has 1 amide bonds. The van der Waals surface area contributed by atoms with Gasteiger partial charge in [0, 0.05) is 13.7 Å². The molecule has 0 unspecified atom stereocenters. The van der Waals surface area contributed by atoms with E-state index in [1.54, 1.807) is 18.2 Å². The third kappa shape index (κ3) is 4.84. The summed E-state index contributed by atoms with van der Waals surface area (Å²) in [6.07, 6.45) is 0.966. The van der Waals surface area contributed by atoms with Gasteiger partial charge >= 0.3 is 0 Å². The first kappa shape index (κ1) is 20.9. The molecule has 0 fully saturated rings. The van der Waals surface area contributed by atoms with Crippen LogP contribution in [0.15, 0.2) is 69.6 Å². The normalized spacial score (nSPS) is 10.9. The number of hydrogen-bond acceptors (Lipinski definition) is 4. The Morgan fingerprint density at radius 2 is 1.93 bits per heavy atom. The van der Waals surface area contributed by atoms with Gasteiger partial charge < -0.3 is 14.5 Å². The Morgan fingerprint density at radius 3 is 2.70 bits per heavy atom. The van der Waals surface area contributed by atoms with Gasteiger partial charge in [-0.3, -0.25) is 4.79 Å². The summed E-state index contributed by atoms with van der Waals surface area (Å²) in [5, 5.41) is 2.84. The van der Waals surface area contributed by atoms with Crippen LogP contribution in [0, 0.1) is 3.57 Å². The lowest BCUT2D eigenvalue weighted by molar-refractivity contribution is -0.118. The zero-order valence-electron chi connectivity index (χ0n) is 16.1. The van der Waals surface area contributed by atoms with E-state index in [1.807, 2.05) is 42.5 Å². The Hall–Kier alpha value is -2.39. The van der Waals surface area contributed by atoms with E-state index in [0.29, 0.717) is 28.4 Å². The first-order chi connectivity index (χ1) is 14.5. The summed E-state index contributed by atoms with van der Waals surface area (Å²) < 4.78 is 13.5. The molecule has 0 aliphatic heterocycles. The Bertz CT molecular complexity index is 1210. The third-order valence-electron chi connectivity index (χ3n) is 4.53. The minimum atomic E-state index is -0.238. The van der Waals surface area contributed by atoms with Crippen LogP contribution in [0.3, 0.4) is 0 Å². The van der Waals surface area contributed by atoms with Crippen molar-refractivity contribution in [3.63, 3.8) is 0 Å². The lowest BCUT2D eigenvalue weighted by Gasteiger charge is -2.08. The van der Waals surface area contributed by atoms with Crippen molar-refractivity contribution < 1.29 is 13.9 Å². The molecule has 0 radical (unpaired) electrons. The highest BCUT2D eigenvalue weighted by Crippen LogP contribution is 2.32. The quantitative estimate of drug-likeness (QED) is 0.268. The molecule has 5 nitrogen and oxygen atoms in total. The van der Waals surface area contributed by atoms with E-state index < -0.39 is 0 Å². The van der Waals surface area contributed by atoms with Gasteiger partial charge in [-0.15, -0.1) is 0 Å². The van der Waals surface area contributed by atoms with Gasteiger partial charge in [0.25, 0.3) is 5.91 Å². The van der Waals surface area contributed by atoms with Gasteiger partial charge in [-0.25, -0.2) is 4.98 Å². The van der Waals surface area contributed by atoms with Crippen molar-refractivity contribution in [3.8, 4) is 17.2 Å². The van der Waals surface area contributed by atoms with E-state index in [9.17, 15) is 4.79 Å². The van der Waals surface area contributed by atoms with Crippen molar-refractivity contribution >= 4 is 61.2 Å². The highest BCUT2D eigenvalue weighted by atomic mass is 127. The SMILES string of the molecule is CCc1ccc(OCC(=O)Nc2ccc3oc(-c4cc(I)ccc4Br)nc3c2)cc1. The molecule has 1 N–H and O–H groups in total. The van der Waals surface area contributed by atoms with Crippen molar-refractivity contribution in [1.82, 2.24) is 4.98 Å². The number of amides is 1. The second-order valence-electron chi connectivity index (χ2n) is 6.66. The Balaban J connectivity index is 1.45. The summed E-state index contributed by atoms with van der Waals surface area (Å²) in [5.74, 6) is 0.956. The van der Waals surface area contributed by atoms with E-state index in [-0.39, 0.29) is 12.5 Å². The van der Waals surface area contributed by atoms with E-state index >= 15 is 0 Å². The number of carbonyl (C=O) groups excluding carboxylic acids is 1. The molecule has 0 atom stereocenters. The molecule has 1 heterocycles. The smallest absolute Gasteiger partial charge is 0.262 e. The number of rotatable bonds is 6. The van der Waals surface area contributed by atoms with Crippen LogP contribution in [0.25, 0.3) is 22.6 Å². The van der Waals surface area contributed by atoms with Gasteiger partial charge in [-0.2, -0.15) is 0 Å². The molecule has 7 heteroatoms. The molecule has 0 aliphatic carbocycles. The molecule has 0 saturated carbocycles. The Morgan fingerprint density at radius 1 is 1.13 bits per heavy atom. The molecule has 0 spiro atoms. The number of carbonyl (C=O) groups is 1. The number of nitrogens with one attached hydrogen (secondary N) is 1. The molecule has 0 bridgehead atoms. The number of benzene rings is 3. The van der Waals surface area contributed by atoms with Gasteiger partial charge in [-0.05, 0) is 99.0 Å². The van der Waals surface area contributed by atoms with E-state index in [1.165, 1.54) is 5.56 Å². The maximum absolute atomic E-state index is 12.3. The third-order valence-corrected chi connectivity index (χ3v) is 5.89. The lowest BCUT2D eigenvalue weighted by Crippen LogP contribution is -2.20. The van der Waals surface area contributed by atoms with Crippen LogP contribution in [0.2, 0.25) is 0 Å². The van der Waals surface area contributed by atoms with Gasteiger partial charge in [0.2, 0.25) is 5.89 Å². The van der Waals surface area contributed by atoms with Crippen molar-refractivity contribution in [3.05, 3.63) is 74.3 Å². The monoisotopic (exact) mass is 576 g/mol. The van der Waals surface area contributed by atoms with E-state index in [0.717, 1.165) is 20.0 Å². The topological polar surface area (TPSA) is 64.4 Å². The minimum absolute atomic E-state index is 0.0665. The van der Waals surface area contributed by atoms with Crippen molar-refractivity contribution in [1.29, 1.82) is 0 Å². The lowest BCUT2D eigenvalue weighted by atomic mass is 10.2. The van der Waals surface area contributed by atoms with Crippen LogP contribution in [0.1, 0.15) is 12.5 Å². The largest absolute Gasteiger partial charge is 0.484 e. The van der Waals surface area contributed by atoms with Gasteiger partial charge in [0.1, 0.15) is 11.3 Å². The fourth-order valence-electron chi connectivity index (χ4n) is 2.95. The molecular formula is C23H18BrIN2O3. The predicted molar refractivity (Wildman–Crippen MR) is 130 cm³/mol. The number of oxazole rings is 1. The average molecular weight is 577 g/mol. The van der Waals surface area contributed by atoms with Crippen molar-refractivity contribution in [2.24, 2.45) is 0 Å². The number of halogens is 2. The van der Waals surface area contributed by atoms with Crippen LogP contribution < -0.4 is 10.1 Å². The molecular weight excluding hydrogens is 559 g/mol. The standard InChI is InChI=1S/C23H18BrIN2O3/c1-2-14-3-7-17(8-4-14)29-13-22(28)26-16-6-10-21-20(12-16)27-23(30-21)18-11-15(25)5-9-19(18)24/h3-12H,2,13H2,1H3,(H,26,28). The highest BCUT2D eigenvalue weighted by Gasteiger charge is 2.13. The number of anilines is 1. The van der Waals surface area contributed by atoms with E-state index in [4.69, 9.17) is 9.15 Å². The van der Waals surface area contributed by atoms with Crippen LogP contribution >= 0.6 is 38.5 Å². The summed E-state index contributed by atoms with van der Waals surface area (Å²) in [6.45, 7) is 2.03. The number of nitrogens with zero attached hydrogens (tertiary/aromatic N) is 1. The Kier molecular flexibility index (Phi) is 6.38. The zero-order valence-corrected chi connectivity index (χ0v) is 19.9. The van der Waals surface area contributed by atoms with Crippen LogP contribution in [0.5, 0.6) is 5.75 Å². The number of ether oxygens (including phenoxy) is 1. The minimum Gasteiger partial charge on any atom is -0.484 e. The molecule has 0 aliphatic rings. The van der Waals surface area contributed by atoms with Crippen LogP contribution in [0.4, 0.5) is 5.69 Å².